The summed E-state index contributed by atoms with van der Waals surface area (Å²) >= 11 is 1.40. The number of carbonyl (C=O) groups excluding carboxylic acids is 1. The third-order valence-corrected chi connectivity index (χ3v) is 5.29. The number of anilines is 1. The van der Waals surface area contributed by atoms with Crippen LogP contribution >= 0.6 is 11.8 Å². The molecular formula is C21H24N4O2S. The quantitative estimate of drug-likeness (QED) is 0.559. The van der Waals surface area contributed by atoms with Gasteiger partial charge in [-0.1, -0.05) is 60.3 Å². The molecule has 0 saturated carbocycles. The minimum atomic E-state index is -0.310. The lowest BCUT2D eigenvalue weighted by Crippen LogP contribution is -2.23. The molecule has 28 heavy (non-hydrogen) atoms. The van der Waals surface area contributed by atoms with Crippen molar-refractivity contribution in [3.63, 3.8) is 0 Å². The molecule has 146 valence electrons. The van der Waals surface area contributed by atoms with Crippen LogP contribution in [-0.2, 0) is 22.5 Å². The number of methoxy groups -OCH3 is 1. The predicted molar refractivity (Wildman–Crippen MR) is 112 cm³/mol. The molecule has 1 amide bonds. The molecule has 0 aliphatic heterocycles. The maximum absolute atomic E-state index is 12.5. The number of nitrogens with one attached hydrogen (secondary N) is 1. The molecule has 0 bridgehead atoms. The number of aromatic nitrogens is 3. The number of hydrogen-bond acceptors (Lipinski definition) is 5. The van der Waals surface area contributed by atoms with Crippen LogP contribution in [0, 0.1) is 0 Å². The number of para-hydroxylation sites is 1. The Balaban J connectivity index is 1.72. The van der Waals surface area contributed by atoms with E-state index < -0.39 is 0 Å². The number of thioether (sulfide) groups is 1. The van der Waals surface area contributed by atoms with Crippen molar-refractivity contribution in [1.82, 2.24) is 14.8 Å². The summed E-state index contributed by atoms with van der Waals surface area (Å²) in [5.74, 6) is 0.795. The number of benzene rings is 2. The summed E-state index contributed by atoms with van der Waals surface area (Å²) in [6.45, 7) is 3.06. The van der Waals surface area contributed by atoms with Crippen LogP contribution < -0.4 is 5.32 Å². The highest BCUT2D eigenvalue weighted by atomic mass is 32.2. The van der Waals surface area contributed by atoms with E-state index in [9.17, 15) is 4.79 Å². The Hall–Kier alpha value is -2.64. The lowest BCUT2D eigenvalue weighted by molar-refractivity contribution is -0.115. The van der Waals surface area contributed by atoms with Crippen LogP contribution in [0.2, 0.25) is 0 Å². The Labute approximate surface area is 169 Å². The Morgan fingerprint density at radius 2 is 1.79 bits per heavy atom. The normalized spacial score (nSPS) is 11.9. The van der Waals surface area contributed by atoms with Crippen LogP contribution in [0.3, 0.4) is 0 Å². The summed E-state index contributed by atoms with van der Waals surface area (Å²) in [4.78, 5) is 12.5. The smallest absolute Gasteiger partial charge is 0.237 e. The molecule has 0 unspecified atom stereocenters. The van der Waals surface area contributed by atoms with Gasteiger partial charge in [-0.05, 0) is 24.6 Å². The lowest BCUT2D eigenvalue weighted by atomic mass is 10.1. The van der Waals surface area contributed by atoms with Crippen LogP contribution in [0.5, 0.6) is 0 Å². The number of ether oxygens (including phenoxy) is 1. The lowest BCUT2D eigenvalue weighted by Gasteiger charge is -2.13. The number of amides is 1. The maximum Gasteiger partial charge on any atom is 0.237 e. The van der Waals surface area contributed by atoms with Crippen molar-refractivity contribution in [2.75, 3.05) is 19.0 Å². The maximum atomic E-state index is 12.5. The van der Waals surface area contributed by atoms with Gasteiger partial charge in [-0.3, -0.25) is 4.79 Å². The summed E-state index contributed by atoms with van der Waals surface area (Å²) in [5, 5.41) is 12.0. The van der Waals surface area contributed by atoms with Crippen molar-refractivity contribution in [1.29, 1.82) is 0 Å². The molecule has 7 heteroatoms. The molecule has 0 aliphatic rings. The van der Waals surface area contributed by atoms with E-state index in [2.05, 4.69) is 27.6 Å². The second kappa shape index (κ2) is 10.1. The van der Waals surface area contributed by atoms with E-state index >= 15 is 0 Å². The first-order valence-electron chi connectivity index (χ1n) is 9.15. The van der Waals surface area contributed by atoms with Crippen molar-refractivity contribution in [2.45, 2.75) is 30.3 Å². The molecule has 0 spiro atoms. The Morgan fingerprint density at radius 3 is 2.46 bits per heavy atom. The minimum Gasteiger partial charge on any atom is -0.383 e. The summed E-state index contributed by atoms with van der Waals surface area (Å²) < 4.78 is 7.28. The van der Waals surface area contributed by atoms with E-state index in [1.165, 1.54) is 17.3 Å². The van der Waals surface area contributed by atoms with Crippen LogP contribution in [0.25, 0.3) is 0 Å². The van der Waals surface area contributed by atoms with Crippen molar-refractivity contribution < 1.29 is 9.53 Å². The van der Waals surface area contributed by atoms with Crippen LogP contribution in [0.15, 0.2) is 65.8 Å². The Bertz CT molecular complexity index is 884. The minimum absolute atomic E-state index is 0.0675. The van der Waals surface area contributed by atoms with Gasteiger partial charge in [-0.25, -0.2) is 0 Å². The molecule has 1 aromatic heterocycles. The van der Waals surface area contributed by atoms with Gasteiger partial charge in [0.1, 0.15) is 5.82 Å². The molecule has 1 heterocycles. The van der Waals surface area contributed by atoms with E-state index in [1.807, 2.05) is 60.0 Å². The SMILES string of the molecule is COCCn1c(Cc2ccccc2)nnc1S[C@H](C)C(=O)Nc1ccccc1. The number of carbonyl (C=O) groups is 1. The van der Waals surface area contributed by atoms with Crippen molar-refractivity contribution in [3.8, 4) is 0 Å². The van der Waals surface area contributed by atoms with E-state index in [-0.39, 0.29) is 11.2 Å². The average Bonchev–Trinajstić information content (AvgIpc) is 3.08. The van der Waals surface area contributed by atoms with Crippen molar-refractivity contribution in [3.05, 3.63) is 72.1 Å². The molecule has 0 saturated heterocycles. The van der Waals surface area contributed by atoms with Gasteiger partial charge in [0.15, 0.2) is 5.16 Å². The van der Waals surface area contributed by atoms with Gasteiger partial charge >= 0.3 is 0 Å². The number of nitrogens with zero attached hydrogens (tertiary/aromatic N) is 3. The topological polar surface area (TPSA) is 69.0 Å². The molecule has 6 nitrogen and oxygen atoms in total. The Morgan fingerprint density at radius 1 is 1.11 bits per heavy atom. The van der Waals surface area contributed by atoms with Gasteiger partial charge in [0.25, 0.3) is 0 Å². The number of hydrogen-bond donors (Lipinski definition) is 1. The van der Waals surface area contributed by atoms with Crippen LogP contribution in [0.4, 0.5) is 5.69 Å². The molecule has 2 aromatic carbocycles. The zero-order chi connectivity index (χ0) is 19.8. The summed E-state index contributed by atoms with van der Waals surface area (Å²) in [7, 11) is 1.67. The first-order valence-corrected chi connectivity index (χ1v) is 10.0. The zero-order valence-electron chi connectivity index (χ0n) is 16.0. The predicted octanol–water partition coefficient (Wildman–Crippen LogP) is 3.63. The van der Waals surface area contributed by atoms with E-state index in [4.69, 9.17) is 4.74 Å². The molecule has 1 atom stereocenters. The standard InChI is InChI=1S/C21H24N4O2S/c1-16(20(26)22-18-11-7-4-8-12-18)28-21-24-23-19(25(21)13-14-27-2)15-17-9-5-3-6-10-17/h3-12,16H,13-15H2,1-2H3,(H,22,26)/t16-/m1/s1. The fraction of sp³-hybridized carbons (Fsp3) is 0.286. The van der Waals surface area contributed by atoms with Crippen LogP contribution in [0.1, 0.15) is 18.3 Å². The summed E-state index contributed by atoms with van der Waals surface area (Å²) in [6.07, 6.45) is 0.683. The van der Waals surface area contributed by atoms with Crippen molar-refractivity contribution in [2.24, 2.45) is 0 Å². The highest BCUT2D eigenvalue weighted by molar-refractivity contribution is 8.00. The van der Waals surface area contributed by atoms with E-state index in [0.717, 1.165) is 16.7 Å². The monoisotopic (exact) mass is 396 g/mol. The summed E-state index contributed by atoms with van der Waals surface area (Å²) in [5.41, 5.74) is 1.95. The second-order valence-electron chi connectivity index (χ2n) is 6.32. The van der Waals surface area contributed by atoms with Crippen molar-refractivity contribution >= 4 is 23.4 Å². The zero-order valence-corrected chi connectivity index (χ0v) is 16.9. The van der Waals surface area contributed by atoms with E-state index in [1.54, 1.807) is 7.11 Å². The molecule has 3 aromatic rings. The Kier molecular flexibility index (Phi) is 7.22. The van der Waals surface area contributed by atoms with Gasteiger partial charge < -0.3 is 14.6 Å². The van der Waals surface area contributed by atoms with Gasteiger partial charge in [-0.2, -0.15) is 0 Å². The average molecular weight is 397 g/mol. The second-order valence-corrected chi connectivity index (χ2v) is 7.63. The largest absolute Gasteiger partial charge is 0.383 e. The highest BCUT2D eigenvalue weighted by Gasteiger charge is 2.20. The first-order chi connectivity index (χ1) is 13.7. The molecule has 3 rings (SSSR count). The van der Waals surface area contributed by atoms with E-state index in [0.29, 0.717) is 19.6 Å². The van der Waals surface area contributed by atoms with Crippen LogP contribution in [-0.4, -0.2) is 39.6 Å². The molecular weight excluding hydrogens is 372 g/mol. The highest BCUT2D eigenvalue weighted by Crippen LogP contribution is 2.24. The molecule has 0 aliphatic carbocycles. The van der Waals surface area contributed by atoms with Gasteiger partial charge in [-0.15, -0.1) is 10.2 Å². The fourth-order valence-corrected chi connectivity index (χ4v) is 3.59. The first kappa shape index (κ1) is 20.1. The molecule has 1 N–H and O–H groups in total. The molecule has 0 radical (unpaired) electrons. The molecule has 0 fully saturated rings. The third-order valence-electron chi connectivity index (χ3n) is 4.21. The fourth-order valence-electron chi connectivity index (χ4n) is 2.70. The van der Waals surface area contributed by atoms with Gasteiger partial charge in [0.2, 0.25) is 5.91 Å². The summed E-state index contributed by atoms with van der Waals surface area (Å²) in [6, 6.07) is 19.6. The van der Waals surface area contributed by atoms with Gasteiger partial charge in [0.05, 0.1) is 11.9 Å². The third kappa shape index (κ3) is 5.43. The van der Waals surface area contributed by atoms with Gasteiger partial charge in [0, 0.05) is 25.8 Å². The number of rotatable bonds is 9.